The smallest absolute Gasteiger partial charge is 0.314 e. The van der Waals surface area contributed by atoms with E-state index in [1.54, 1.807) is 25.3 Å². The van der Waals surface area contributed by atoms with Crippen molar-refractivity contribution in [3.8, 4) is 0 Å². The summed E-state index contributed by atoms with van der Waals surface area (Å²) in [4.78, 5) is 29.5. The van der Waals surface area contributed by atoms with E-state index in [1.165, 1.54) is 6.07 Å². The number of carbonyl (C=O) groups excluding carboxylic acids is 1. The van der Waals surface area contributed by atoms with Crippen molar-refractivity contribution in [2.75, 3.05) is 0 Å². The molecule has 2 unspecified atom stereocenters. The number of halogens is 1. The number of rotatable bonds is 6. The predicted octanol–water partition coefficient (Wildman–Crippen LogP) is 7.14. The second kappa shape index (κ2) is 10.2. The molecule has 1 saturated carbocycles. The number of carbonyl (C=O) groups is 2. The second-order valence-electron chi connectivity index (χ2n) is 11.5. The zero-order chi connectivity index (χ0) is 27.0. The summed E-state index contributed by atoms with van der Waals surface area (Å²) < 4.78 is 19.5. The first kappa shape index (κ1) is 26.8. The standard InChI is InChI=1S/C31H36FNO4/c1-19(28(34)37-30(2,3)4)20-6-10-22(11-7-20)31(5,29(35)36)23-12-8-21(9-13-23)25-16-17-33-27-15-14-24(32)18-26(25)27/h6-7,10-11,14-19,21,23H,8-9,12-13H2,1-5H3,(H,35,36). The van der Waals surface area contributed by atoms with Gasteiger partial charge in [0.25, 0.3) is 0 Å². The van der Waals surface area contributed by atoms with Crippen molar-refractivity contribution >= 4 is 22.8 Å². The van der Waals surface area contributed by atoms with Crippen molar-refractivity contribution in [2.45, 2.75) is 83.2 Å². The third-order valence-corrected chi connectivity index (χ3v) is 7.94. The van der Waals surface area contributed by atoms with Crippen LogP contribution >= 0.6 is 0 Å². The molecule has 1 aliphatic rings. The number of ether oxygens (including phenoxy) is 1. The van der Waals surface area contributed by atoms with Crippen LogP contribution in [0, 0.1) is 11.7 Å². The SMILES string of the molecule is CC(C(=O)OC(C)(C)C)c1ccc(C(C)(C(=O)O)C2CCC(c3ccnc4ccc(F)cc34)CC2)cc1. The average Bonchev–Trinajstić information content (AvgIpc) is 2.86. The lowest BCUT2D eigenvalue weighted by Gasteiger charge is -2.39. The van der Waals surface area contributed by atoms with Gasteiger partial charge in [0.1, 0.15) is 11.4 Å². The quantitative estimate of drug-likeness (QED) is 0.361. The topological polar surface area (TPSA) is 76.5 Å². The summed E-state index contributed by atoms with van der Waals surface area (Å²) in [6.07, 6.45) is 4.93. The predicted molar refractivity (Wildman–Crippen MR) is 142 cm³/mol. The fourth-order valence-electron chi connectivity index (χ4n) is 5.66. The molecule has 2 atom stereocenters. The summed E-state index contributed by atoms with van der Waals surface area (Å²) in [5, 5.41) is 11.2. The molecule has 1 aliphatic carbocycles. The number of carboxylic acids is 1. The summed E-state index contributed by atoms with van der Waals surface area (Å²) >= 11 is 0. The molecule has 0 saturated heterocycles. The van der Waals surface area contributed by atoms with Gasteiger partial charge in [-0.3, -0.25) is 14.6 Å². The number of carboxylic acid groups (broad SMARTS) is 1. The highest BCUT2D eigenvalue weighted by atomic mass is 19.1. The Morgan fingerprint density at radius 1 is 1.00 bits per heavy atom. The lowest BCUT2D eigenvalue weighted by molar-refractivity contribution is -0.156. The zero-order valence-corrected chi connectivity index (χ0v) is 22.3. The molecular weight excluding hydrogens is 469 g/mol. The molecule has 0 aliphatic heterocycles. The molecule has 196 valence electrons. The van der Waals surface area contributed by atoms with Crippen molar-refractivity contribution in [2.24, 2.45) is 5.92 Å². The summed E-state index contributed by atoms with van der Waals surface area (Å²) in [5.74, 6) is -1.68. The van der Waals surface area contributed by atoms with Crippen molar-refractivity contribution in [3.63, 3.8) is 0 Å². The minimum absolute atomic E-state index is 0.0415. The van der Waals surface area contributed by atoms with Gasteiger partial charge in [0.15, 0.2) is 0 Å². The Hall–Kier alpha value is -3.28. The van der Waals surface area contributed by atoms with Crippen LogP contribution in [0.3, 0.4) is 0 Å². The number of hydrogen-bond acceptors (Lipinski definition) is 4. The molecule has 37 heavy (non-hydrogen) atoms. The molecule has 1 heterocycles. The molecule has 1 fully saturated rings. The van der Waals surface area contributed by atoms with Gasteiger partial charge in [-0.25, -0.2) is 4.39 Å². The normalized spacial score (nSPS) is 20.7. The van der Waals surface area contributed by atoms with Gasteiger partial charge in [0, 0.05) is 11.6 Å². The lowest BCUT2D eigenvalue weighted by atomic mass is 9.63. The van der Waals surface area contributed by atoms with Gasteiger partial charge in [-0.05, 0) is 113 Å². The molecule has 1 N–H and O–H groups in total. The first-order chi connectivity index (χ1) is 17.4. The van der Waals surface area contributed by atoms with Crippen LogP contribution < -0.4 is 0 Å². The van der Waals surface area contributed by atoms with Crippen LogP contribution in [0.4, 0.5) is 4.39 Å². The maximum Gasteiger partial charge on any atom is 0.314 e. The third kappa shape index (κ3) is 5.53. The van der Waals surface area contributed by atoms with E-state index in [1.807, 2.05) is 58.0 Å². The summed E-state index contributed by atoms with van der Waals surface area (Å²) in [6.45, 7) is 9.12. The molecule has 0 bridgehead atoms. The number of esters is 1. The van der Waals surface area contributed by atoms with Crippen LogP contribution in [0.25, 0.3) is 10.9 Å². The minimum atomic E-state index is -1.05. The monoisotopic (exact) mass is 505 g/mol. The highest BCUT2D eigenvalue weighted by Crippen LogP contribution is 2.46. The summed E-state index contributed by atoms with van der Waals surface area (Å²) in [5.41, 5.74) is 1.78. The largest absolute Gasteiger partial charge is 0.481 e. The van der Waals surface area contributed by atoms with Gasteiger partial charge in [0.05, 0.1) is 16.8 Å². The zero-order valence-electron chi connectivity index (χ0n) is 22.3. The number of nitrogens with zero attached hydrogens (tertiary/aromatic N) is 1. The number of aromatic nitrogens is 1. The Kier molecular flexibility index (Phi) is 7.40. The Labute approximate surface area is 218 Å². The maximum absolute atomic E-state index is 14.0. The lowest BCUT2D eigenvalue weighted by Crippen LogP contribution is -2.42. The first-order valence-corrected chi connectivity index (χ1v) is 13.0. The third-order valence-electron chi connectivity index (χ3n) is 7.94. The van der Waals surface area contributed by atoms with Crippen LogP contribution in [0.15, 0.2) is 54.7 Å². The van der Waals surface area contributed by atoms with Gasteiger partial charge < -0.3 is 9.84 Å². The van der Waals surface area contributed by atoms with E-state index in [-0.39, 0.29) is 23.6 Å². The summed E-state index contributed by atoms with van der Waals surface area (Å²) in [6, 6.07) is 14.0. The van der Waals surface area contributed by atoms with Crippen molar-refractivity contribution in [1.82, 2.24) is 4.98 Å². The molecule has 3 aromatic rings. The number of hydrogen-bond donors (Lipinski definition) is 1. The van der Waals surface area contributed by atoms with E-state index < -0.39 is 22.9 Å². The molecule has 4 rings (SSSR count). The van der Waals surface area contributed by atoms with E-state index in [9.17, 15) is 19.1 Å². The number of benzene rings is 2. The highest BCUT2D eigenvalue weighted by Gasteiger charge is 2.44. The average molecular weight is 506 g/mol. The molecule has 1 aromatic heterocycles. The molecule has 0 radical (unpaired) electrons. The van der Waals surface area contributed by atoms with E-state index in [4.69, 9.17) is 4.74 Å². The number of pyridine rings is 1. The number of fused-ring (bicyclic) bond motifs is 1. The maximum atomic E-state index is 14.0. The van der Waals surface area contributed by atoms with Crippen LogP contribution in [0.2, 0.25) is 0 Å². The molecule has 0 spiro atoms. The minimum Gasteiger partial charge on any atom is -0.481 e. The highest BCUT2D eigenvalue weighted by molar-refractivity contribution is 5.83. The van der Waals surface area contributed by atoms with Crippen LogP contribution in [0.1, 0.15) is 88.8 Å². The van der Waals surface area contributed by atoms with E-state index in [0.29, 0.717) is 0 Å². The molecule has 2 aromatic carbocycles. The van der Waals surface area contributed by atoms with Gasteiger partial charge >= 0.3 is 11.9 Å². The number of aliphatic carboxylic acids is 1. The van der Waals surface area contributed by atoms with Gasteiger partial charge in [-0.15, -0.1) is 0 Å². The van der Waals surface area contributed by atoms with Crippen molar-refractivity contribution < 1.29 is 23.8 Å². The fourth-order valence-corrected chi connectivity index (χ4v) is 5.66. The van der Waals surface area contributed by atoms with E-state index >= 15 is 0 Å². The Morgan fingerprint density at radius 2 is 1.65 bits per heavy atom. The Balaban J connectivity index is 1.52. The second-order valence-corrected chi connectivity index (χ2v) is 11.5. The fraction of sp³-hybridized carbons (Fsp3) is 0.452. The van der Waals surface area contributed by atoms with Crippen molar-refractivity contribution in [1.29, 1.82) is 0 Å². The Bertz CT molecular complexity index is 1290. The molecular formula is C31H36FNO4. The van der Waals surface area contributed by atoms with E-state index in [0.717, 1.165) is 53.3 Å². The molecule has 5 nitrogen and oxygen atoms in total. The van der Waals surface area contributed by atoms with Crippen LogP contribution in [0.5, 0.6) is 0 Å². The van der Waals surface area contributed by atoms with Crippen LogP contribution in [-0.4, -0.2) is 27.6 Å². The molecule has 6 heteroatoms. The van der Waals surface area contributed by atoms with Gasteiger partial charge in [-0.1, -0.05) is 24.3 Å². The summed E-state index contributed by atoms with van der Waals surface area (Å²) in [7, 11) is 0. The van der Waals surface area contributed by atoms with Crippen molar-refractivity contribution in [3.05, 3.63) is 77.2 Å². The first-order valence-electron chi connectivity index (χ1n) is 13.0. The van der Waals surface area contributed by atoms with Gasteiger partial charge in [0.2, 0.25) is 0 Å². The van der Waals surface area contributed by atoms with Crippen LogP contribution in [-0.2, 0) is 19.7 Å². The Morgan fingerprint density at radius 3 is 2.24 bits per heavy atom. The molecule has 0 amide bonds. The van der Waals surface area contributed by atoms with E-state index in [2.05, 4.69) is 4.98 Å². The van der Waals surface area contributed by atoms with Gasteiger partial charge in [-0.2, -0.15) is 0 Å².